The first kappa shape index (κ1) is 11.3. The molecule has 1 fully saturated rings. The molecule has 2 aliphatic carbocycles. The van der Waals surface area contributed by atoms with Crippen LogP contribution in [0.5, 0.6) is 0 Å². The van der Waals surface area contributed by atoms with E-state index in [4.69, 9.17) is 0 Å². The summed E-state index contributed by atoms with van der Waals surface area (Å²) < 4.78 is 0. The molecular weight excluding hydrogens is 206 g/mol. The highest BCUT2D eigenvalue weighted by molar-refractivity contribution is 5.30. The lowest BCUT2D eigenvalue weighted by Gasteiger charge is -2.27. The van der Waals surface area contributed by atoms with E-state index in [-0.39, 0.29) is 0 Å². The molecule has 0 aromatic heterocycles. The Morgan fingerprint density at radius 2 is 2.00 bits per heavy atom. The highest BCUT2D eigenvalue weighted by atomic mass is 14.9. The minimum absolute atomic E-state index is 0.678. The minimum Gasteiger partial charge on any atom is -0.313 e. The number of fused-ring (bicyclic) bond motifs is 1. The normalized spacial score (nSPS) is 25.4. The van der Waals surface area contributed by atoms with Crippen LogP contribution < -0.4 is 5.32 Å². The number of hydrogen-bond acceptors (Lipinski definition) is 1. The topological polar surface area (TPSA) is 12.0 Å². The third-order valence-electron chi connectivity index (χ3n) is 4.82. The average Bonchev–Trinajstić information content (AvgIpc) is 3.17. The summed E-state index contributed by atoms with van der Waals surface area (Å²) in [5.74, 6) is 0. The molecule has 1 saturated carbocycles. The Hall–Kier alpha value is -0.820. The fraction of sp³-hybridized carbons (Fsp3) is 0.625. The van der Waals surface area contributed by atoms with Gasteiger partial charge in [0.15, 0.2) is 0 Å². The van der Waals surface area contributed by atoms with E-state index in [0.29, 0.717) is 11.5 Å². The monoisotopic (exact) mass is 229 g/mol. The molecule has 3 rings (SSSR count). The summed E-state index contributed by atoms with van der Waals surface area (Å²) in [7, 11) is 0. The summed E-state index contributed by atoms with van der Waals surface area (Å²) in [4.78, 5) is 0. The molecule has 2 aliphatic rings. The van der Waals surface area contributed by atoms with E-state index in [0.717, 1.165) is 0 Å². The molecule has 0 saturated heterocycles. The first-order valence-corrected chi connectivity index (χ1v) is 7.11. The highest BCUT2D eigenvalue weighted by Gasteiger charge is 2.40. The van der Waals surface area contributed by atoms with Crippen molar-refractivity contribution in [3.63, 3.8) is 0 Å². The van der Waals surface area contributed by atoms with Crippen LogP contribution in [0.3, 0.4) is 0 Å². The fourth-order valence-electron chi connectivity index (χ4n) is 3.06. The van der Waals surface area contributed by atoms with Crippen LogP contribution in [0, 0.1) is 5.41 Å². The second kappa shape index (κ2) is 4.45. The van der Waals surface area contributed by atoms with Crippen LogP contribution >= 0.6 is 0 Å². The van der Waals surface area contributed by atoms with Crippen molar-refractivity contribution in [1.82, 2.24) is 5.32 Å². The first-order valence-electron chi connectivity index (χ1n) is 7.11. The average molecular weight is 229 g/mol. The maximum atomic E-state index is 3.82. The Balaban J connectivity index is 1.57. The Kier molecular flexibility index (Phi) is 2.96. The largest absolute Gasteiger partial charge is 0.313 e. The number of nitrogens with one attached hydrogen (secondary N) is 1. The van der Waals surface area contributed by atoms with Gasteiger partial charge in [-0.3, -0.25) is 0 Å². The van der Waals surface area contributed by atoms with Crippen molar-refractivity contribution in [2.24, 2.45) is 5.41 Å². The zero-order valence-electron chi connectivity index (χ0n) is 10.8. The van der Waals surface area contributed by atoms with Crippen molar-refractivity contribution in [3.05, 3.63) is 35.4 Å². The molecule has 0 aliphatic heterocycles. The molecule has 1 aromatic carbocycles. The van der Waals surface area contributed by atoms with Crippen LogP contribution in [0.1, 0.15) is 43.7 Å². The second-order valence-electron chi connectivity index (χ2n) is 5.94. The summed E-state index contributed by atoms with van der Waals surface area (Å²) in [5.41, 5.74) is 3.82. The van der Waals surface area contributed by atoms with Crippen LogP contribution in [0.15, 0.2) is 24.3 Å². The molecule has 0 spiro atoms. The number of hydrogen-bond donors (Lipinski definition) is 1. The third-order valence-corrected chi connectivity index (χ3v) is 4.82. The van der Waals surface area contributed by atoms with Crippen LogP contribution in [0.25, 0.3) is 0 Å². The van der Waals surface area contributed by atoms with Gasteiger partial charge in [0.05, 0.1) is 0 Å². The summed E-state index contributed by atoms with van der Waals surface area (Å²) in [6.07, 6.45) is 8.04. The van der Waals surface area contributed by atoms with Crippen molar-refractivity contribution in [2.75, 3.05) is 6.54 Å². The molecule has 0 heterocycles. The Labute approximate surface area is 105 Å². The quantitative estimate of drug-likeness (QED) is 0.835. The molecule has 0 amide bonds. The van der Waals surface area contributed by atoms with Gasteiger partial charge in [-0.15, -0.1) is 0 Å². The van der Waals surface area contributed by atoms with Gasteiger partial charge in [0.2, 0.25) is 0 Å². The Morgan fingerprint density at radius 3 is 2.71 bits per heavy atom. The lowest BCUT2D eigenvalue weighted by molar-refractivity contribution is 0.378. The maximum absolute atomic E-state index is 3.82. The van der Waals surface area contributed by atoms with E-state index < -0.39 is 0 Å². The molecule has 1 N–H and O–H groups in total. The number of aryl methyl sites for hydroxylation is 1. The van der Waals surface area contributed by atoms with Crippen molar-refractivity contribution >= 4 is 0 Å². The predicted octanol–water partition coefficient (Wildman–Crippen LogP) is 3.32. The number of benzene rings is 1. The van der Waals surface area contributed by atoms with Crippen molar-refractivity contribution in [1.29, 1.82) is 0 Å². The zero-order valence-corrected chi connectivity index (χ0v) is 10.8. The molecule has 1 aromatic rings. The zero-order chi connectivity index (χ0) is 11.7. The van der Waals surface area contributed by atoms with Crippen LogP contribution in [-0.4, -0.2) is 12.6 Å². The van der Waals surface area contributed by atoms with E-state index >= 15 is 0 Å². The highest BCUT2D eigenvalue weighted by Crippen LogP contribution is 2.48. The minimum atomic E-state index is 0.678. The molecular formula is C16H23N. The van der Waals surface area contributed by atoms with Gasteiger partial charge in [0.25, 0.3) is 0 Å². The first-order chi connectivity index (χ1) is 8.31. The van der Waals surface area contributed by atoms with Gasteiger partial charge in [-0.05, 0) is 55.1 Å². The smallest absolute Gasteiger partial charge is 0.0111 e. The van der Waals surface area contributed by atoms with Gasteiger partial charge in [-0.2, -0.15) is 0 Å². The Morgan fingerprint density at radius 1 is 1.24 bits per heavy atom. The van der Waals surface area contributed by atoms with E-state index in [2.05, 4.69) is 36.5 Å². The van der Waals surface area contributed by atoms with Gasteiger partial charge in [-0.1, -0.05) is 31.2 Å². The van der Waals surface area contributed by atoms with Crippen molar-refractivity contribution in [3.8, 4) is 0 Å². The maximum Gasteiger partial charge on any atom is 0.0111 e. The predicted molar refractivity (Wildman–Crippen MR) is 72.2 cm³/mol. The molecule has 1 atom stereocenters. The summed E-state index contributed by atoms with van der Waals surface area (Å²) in [5, 5.41) is 3.82. The summed E-state index contributed by atoms with van der Waals surface area (Å²) >= 11 is 0. The molecule has 1 nitrogen and oxygen atoms in total. The molecule has 1 unspecified atom stereocenters. The van der Waals surface area contributed by atoms with Crippen molar-refractivity contribution < 1.29 is 0 Å². The van der Waals surface area contributed by atoms with E-state index in [1.165, 1.54) is 45.1 Å². The van der Waals surface area contributed by atoms with E-state index in [1.54, 1.807) is 11.1 Å². The third kappa shape index (κ3) is 2.40. The van der Waals surface area contributed by atoms with E-state index in [1.807, 2.05) is 0 Å². The fourth-order valence-corrected chi connectivity index (χ4v) is 3.06. The number of rotatable bonds is 4. The Bertz CT molecular complexity index is 392. The summed E-state index contributed by atoms with van der Waals surface area (Å²) in [6, 6.07) is 9.66. The van der Waals surface area contributed by atoms with Crippen LogP contribution in [0.4, 0.5) is 0 Å². The lowest BCUT2D eigenvalue weighted by Crippen LogP contribution is -2.38. The van der Waals surface area contributed by atoms with Crippen LogP contribution in [-0.2, 0) is 12.8 Å². The van der Waals surface area contributed by atoms with Crippen molar-refractivity contribution in [2.45, 2.75) is 51.5 Å². The molecule has 0 radical (unpaired) electrons. The standard InChI is InChI=1S/C16H23N/c1-2-16(9-10-16)12-17-15-8-7-13-5-3-4-6-14(13)11-15/h3-6,15,17H,2,7-12H2,1H3. The molecule has 92 valence electrons. The second-order valence-corrected chi connectivity index (χ2v) is 5.94. The molecule has 0 bridgehead atoms. The van der Waals surface area contributed by atoms with Gasteiger partial charge in [-0.25, -0.2) is 0 Å². The summed E-state index contributed by atoms with van der Waals surface area (Å²) in [6.45, 7) is 3.58. The van der Waals surface area contributed by atoms with Gasteiger partial charge in [0.1, 0.15) is 0 Å². The molecule has 1 heteroatoms. The van der Waals surface area contributed by atoms with Gasteiger partial charge < -0.3 is 5.32 Å². The van der Waals surface area contributed by atoms with Gasteiger partial charge in [0, 0.05) is 12.6 Å². The van der Waals surface area contributed by atoms with Crippen LogP contribution in [0.2, 0.25) is 0 Å². The SMILES string of the molecule is CCC1(CNC2CCc3ccccc3C2)CC1. The van der Waals surface area contributed by atoms with Gasteiger partial charge >= 0.3 is 0 Å². The lowest BCUT2D eigenvalue weighted by atomic mass is 9.88. The molecule has 17 heavy (non-hydrogen) atoms. The van der Waals surface area contributed by atoms with E-state index in [9.17, 15) is 0 Å².